The van der Waals surface area contributed by atoms with Gasteiger partial charge in [0.2, 0.25) is 17.7 Å². The number of nitrogens with zero attached hydrogens (tertiary/aromatic N) is 1. The second-order valence-electron chi connectivity index (χ2n) is 11.4. The SMILES string of the molecule is CCCNC(=O)[C@@H]1[C@H]2C(=O)N([C@@H](CO)CC(C)C)C(C(=O)Nc3cc(C)ccc3C)C23S[C@@H]1CC3C. The van der Waals surface area contributed by atoms with Gasteiger partial charge in [-0.1, -0.05) is 39.8 Å². The fourth-order valence-corrected chi connectivity index (χ4v) is 9.12. The van der Waals surface area contributed by atoms with E-state index in [1.807, 2.05) is 39.0 Å². The van der Waals surface area contributed by atoms with E-state index in [1.165, 1.54) is 0 Å². The number of hydrogen-bond donors (Lipinski definition) is 3. The molecule has 3 N–H and O–H groups in total. The molecule has 1 aromatic rings. The molecule has 3 heterocycles. The third-order valence-electron chi connectivity index (χ3n) is 8.28. The summed E-state index contributed by atoms with van der Waals surface area (Å²) < 4.78 is -0.692. The second kappa shape index (κ2) is 10.4. The Morgan fingerprint density at radius 3 is 2.61 bits per heavy atom. The highest BCUT2D eigenvalue weighted by atomic mass is 32.2. The number of amides is 3. The number of aryl methyl sites for hydroxylation is 2. The summed E-state index contributed by atoms with van der Waals surface area (Å²) in [6, 6.07) is 4.71. The molecule has 4 rings (SSSR count). The fourth-order valence-electron chi connectivity index (χ4n) is 6.71. The molecule has 7 nitrogen and oxygen atoms in total. The Balaban J connectivity index is 1.78. The van der Waals surface area contributed by atoms with Crippen molar-refractivity contribution in [3.05, 3.63) is 29.3 Å². The van der Waals surface area contributed by atoms with Crippen molar-refractivity contribution < 1.29 is 19.5 Å². The summed E-state index contributed by atoms with van der Waals surface area (Å²) >= 11 is 1.67. The highest BCUT2D eigenvalue weighted by molar-refractivity contribution is 8.02. The number of benzene rings is 1. The number of aliphatic hydroxyl groups excluding tert-OH is 1. The molecule has 36 heavy (non-hydrogen) atoms. The van der Waals surface area contributed by atoms with Crippen LogP contribution in [0.5, 0.6) is 0 Å². The summed E-state index contributed by atoms with van der Waals surface area (Å²) in [7, 11) is 0. The van der Waals surface area contributed by atoms with E-state index in [-0.39, 0.29) is 41.4 Å². The van der Waals surface area contributed by atoms with Gasteiger partial charge >= 0.3 is 0 Å². The summed E-state index contributed by atoms with van der Waals surface area (Å²) in [4.78, 5) is 43.4. The summed E-state index contributed by atoms with van der Waals surface area (Å²) in [5.74, 6) is -1.16. The molecule has 3 aliphatic heterocycles. The van der Waals surface area contributed by atoms with Gasteiger partial charge in [0.1, 0.15) is 6.04 Å². The lowest BCUT2D eigenvalue weighted by Gasteiger charge is -2.40. The zero-order valence-corrected chi connectivity index (χ0v) is 23.2. The summed E-state index contributed by atoms with van der Waals surface area (Å²) in [5, 5.41) is 16.6. The number of likely N-dealkylation sites (tertiary alicyclic amines) is 1. The first kappa shape index (κ1) is 27.0. The molecule has 3 unspecified atom stereocenters. The number of carbonyl (C=O) groups excluding carboxylic acids is 3. The van der Waals surface area contributed by atoms with E-state index in [9.17, 15) is 19.5 Å². The highest BCUT2D eigenvalue weighted by Gasteiger charge is 2.76. The smallest absolute Gasteiger partial charge is 0.248 e. The van der Waals surface area contributed by atoms with Gasteiger partial charge in [-0.25, -0.2) is 0 Å². The van der Waals surface area contributed by atoms with Crippen LogP contribution in [0.3, 0.4) is 0 Å². The summed E-state index contributed by atoms with van der Waals surface area (Å²) in [6.45, 7) is 12.5. The minimum Gasteiger partial charge on any atom is -0.394 e. The van der Waals surface area contributed by atoms with Crippen LogP contribution >= 0.6 is 11.8 Å². The van der Waals surface area contributed by atoms with Crippen molar-refractivity contribution in [3.63, 3.8) is 0 Å². The molecule has 8 heteroatoms. The minimum absolute atomic E-state index is 0.0154. The van der Waals surface area contributed by atoms with Crippen molar-refractivity contribution in [1.29, 1.82) is 0 Å². The maximum absolute atomic E-state index is 14.2. The molecule has 3 aliphatic rings. The molecule has 3 amide bonds. The van der Waals surface area contributed by atoms with Gasteiger partial charge in [-0.15, -0.1) is 11.8 Å². The molecule has 0 radical (unpaired) electrons. The van der Waals surface area contributed by atoms with E-state index < -0.39 is 28.7 Å². The van der Waals surface area contributed by atoms with Crippen LogP contribution < -0.4 is 10.6 Å². The number of carbonyl (C=O) groups is 3. The first-order valence-corrected chi connectivity index (χ1v) is 14.2. The largest absolute Gasteiger partial charge is 0.394 e. The lowest BCUT2D eigenvalue weighted by molar-refractivity contribution is -0.142. The summed E-state index contributed by atoms with van der Waals surface area (Å²) in [5.41, 5.74) is 2.73. The third-order valence-corrected chi connectivity index (χ3v) is 10.4. The lowest BCUT2D eigenvalue weighted by Crippen LogP contribution is -2.57. The van der Waals surface area contributed by atoms with E-state index in [2.05, 4.69) is 31.4 Å². The number of aliphatic hydroxyl groups is 1. The van der Waals surface area contributed by atoms with Gasteiger partial charge in [-0.05, 0) is 62.1 Å². The predicted octanol–water partition coefficient (Wildman–Crippen LogP) is 3.51. The van der Waals surface area contributed by atoms with E-state index >= 15 is 0 Å². The Morgan fingerprint density at radius 2 is 1.97 bits per heavy atom. The quantitative estimate of drug-likeness (QED) is 0.468. The molecule has 2 bridgehead atoms. The van der Waals surface area contributed by atoms with Gasteiger partial charge < -0.3 is 20.6 Å². The third kappa shape index (κ3) is 4.34. The standard InChI is InChI=1S/C28H41N3O4S/c1-7-10-29-25(33)22-21-13-18(6)28(36-21)23(22)27(35)31(19(14-32)11-15(2)3)24(28)26(34)30-20-12-16(4)8-9-17(20)5/h8-9,12,15,18-19,21-24,32H,7,10-11,13-14H2,1-6H3,(H,29,33)(H,30,34)/t18?,19-,21-,22+,23+,24?,28?/m1/s1. The van der Waals surface area contributed by atoms with Crippen molar-refractivity contribution >= 4 is 35.2 Å². The van der Waals surface area contributed by atoms with E-state index in [4.69, 9.17) is 0 Å². The highest BCUT2D eigenvalue weighted by Crippen LogP contribution is 2.68. The van der Waals surface area contributed by atoms with Crippen molar-refractivity contribution in [2.45, 2.75) is 82.9 Å². The Bertz CT molecular complexity index is 1030. The van der Waals surface area contributed by atoms with Crippen LogP contribution in [0.25, 0.3) is 0 Å². The monoisotopic (exact) mass is 515 g/mol. The molecule has 7 atom stereocenters. The zero-order chi connectivity index (χ0) is 26.4. The first-order chi connectivity index (χ1) is 17.1. The van der Waals surface area contributed by atoms with Gasteiger partial charge in [0.05, 0.1) is 29.2 Å². The molecule has 3 fully saturated rings. The predicted molar refractivity (Wildman–Crippen MR) is 144 cm³/mol. The lowest BCUT2D eigenvalue weighted by atomic mass is 9.66. The van der Waals surface area contributed by atoms with Crippen LogP contribution in [0.2, 0.25) is 0 Å². The normalized spacial score (nSPS) is 31.6. The number of rotatable bonds is 9. The molecular weight excluding hydrogens is 474 g/mol. The molecule has 0 aliphatic carbocycles. The van der Waals surface area contributed by atoms with E-state index in [0.717, 1.165) is 29.7 Å². The number of nitrogens with one attached hydrogen (secondary N) is 2. The van der Waals surface area contributed by atoms with Crippen LogP contribution in [-0.2, 0) is 14.4 Å². The Morgan fingerprint density at radius 1 is 1.25 bits per heavy atom. The summed E-state index contributed by atoms with van der Waals surface area (Å²) in [6.07, 6.45) is 2.21. The first-order valence-electron chi connectivity index (χ1n) is 13.3. The number of thioether (sulfide) groups is 1. The second-order valence-corrected chi connectivity index (χ2v) is 12.9. The number of fused-ring (bicyclic) bond motifs is 1. The Hall–Kier alpha value is -2.06. The van der Waals surface area contributed by atoms with Crippen molar-refractivity contribution in [2.75, 3.05) is 18.5 Å². The van der Waals surface area contributed by atoms with Gasteiger partial charge in [0, 0.05) is 17.5 Å². The molecule has 3 saturated heterocycles. The van der Waals surface area contributed by atoms with Crippen LogP contribution in [0, 0.1) is 37.5 Å². The zero-order valence-electron chi connectivity index (χ0n) is 22.3. The number of anilines is 1. The van der Waals surface area contributed by atoms with E-state index in [0.29, 0.717) is 13.0 Å². The molecule has 0 saturated carbocycles. The van der Waals surface area contributed by atoms with Crippen molar-refractivity contribution in [2.24, 2.45) is 23.7 Å². The fraction of sp³-hybridized carbons (Fsp3) is 0.679. The molecular formula is C28H41N3O4S. The maximum Gasteiger partial charge on any atom is 0.248 e. The average molecular weight is 516 g/mol. The molecule has 0 aromatic heterocycles. The van der Waals surface area contributed by atoms with Gasteiger partial charge in [-0.2, -0.15) is 0 Å². The van der Waals surface area contributed by atoms with Crippen LogP contribution in [0.15, 0.2) is 18.2 Å². The van der Waals surface area contributed by atoms with Crippen LogP contribution in [-0.4, -0.2) is 63.0 Å². The Labute approximate surface area is 219 Å². The van der Waals surface area contributed by atoms with E-state index in [1.54, 1.807) is 16.7 Å². The van der Waals surface area contributed by atoms with Gasteiger partial charge in [0.25, 0.3) is 0 Å². The van der Waals surface area contributed by atoms with Crippen LogP contribution in [0.1, 0.15) is 58.1 Å². The number of hydrogen-bond acceptors (Lipinski definition) is 5. The van der Waals surface area contributed by atoms with Crippen LogP contribution in [0.4, 0.5) is 5.69 Å². The van der Waals surface area contributed by atoms with Crippen molar-refractivity contribution in [1.82, 2.24) is 10.2 Å². The van der Waals surface area contributed by atoms with Crippen molar-refractivity contribution in [3.8, 4) is 0 Å². The molecule has 1 aromatic carbocycles. The van der Waals surface area contributed by atoms with Gasteiger partial charge in [-0.3, -0.25) is 14.4 Å². The minimum atomic E-state index is -0.750. The Kier molecular flexibility index (Phi) is 7.77. The maximum atomic E-state index is 14.2. The molecule has 198 valence electrons. The van der Waals surface area contributed by atoms with Gasteiger partial charge in [0.15, 0.2) is 0 Å². The topological polar surface area (TPSA) is 98.7 Å². The molecule has 1 spiro atoms. The average Bonchev–Trinajstić information content (AvgIpc) is 3.41.